The SMILES string of the molecule is C#CCN1CCCC1C(=O)O. The van der Waals surface area contributed by atoms with Crippen LogP contribution in [0.15, 0.2) is 0 Å². The maximum absolute atomic E-state index is 10.6. The van der Waals surface area contributed by atoms with Crippen LogP contribution >= 0.6 is 0 Å². The first-order chi connectivity index (χ1) is 5.25. The van der Waals surface area contributed by atoms with Crippen molar-refractivity contribution in [2.24, 2.45) is 0 Å². The van der Waals surface area contributed by atoms with E-state index in [1.807, 2.05) is 4.90 Å². The fourth-order valence-corrected chi connectivity index (χ4v) is 1.41. The van der Waals surface area contributed by atoms with E-state index in [0.29, 0.717) is 6.54 Å². The summed E-state index contributed by atoms with van der Waals surface area (Å²) in [5, 5.41) is 8.70. The molecule has 1 saturated heterocycles. The molecule has 1 atom stereocenters. The van der Waals surface area contributed by atoms with Gasteiger partial charge in [0, 0.05) is 6.54 Å². The minimum Gasteiger partial charge on any atom is -0.480 e. The summed E-state index contributed by atoms with van der Waals surface area (Å²) in [6, 6.07) is -0.342. The molecule has 60 valence electrons. The Hall–Kier alpha value is -1.01. The Morgan fingerprint density at radius 3 is 3.09 bits per heavy atom. The van der Waals surface area contributed by atoms with E-state index < -0.39 is 5.97 Å². The lowest BCUT2D eigenvalue weighted by molar-refractivity contribution is -0.141. The van der Waals surface area contributed by atoms with Crippen LogP contribution in [0.3, 0.4) is 0 Å². The molecule has 0 saturated carbocycles. The molecule has 1 aliphatic heterocycles. The largest absolute Gasteiger partial charge is 0.480 e. The van der Waals surface area contributed by atoms with Crippen LogP contribution in [0.25, 0.3) is 0 Å². The minimum atomic E-state index is -0.752. The average molecular weight is 153 g/mol. The molecule has 0 aliphatic carbocycles. The molecular formula is C8H11NO2. The zero-order valence-corrected chi connectivity index (χ0v) is 6.29. The van der Waals surface area contributed by atoms with E-state index >= 15 is 0 Å². The summed E-state index contributed by atoms with van der Waals surface area (Å²) < 4.78 is 0. The Kier molecular flexibility index (Phi) is 2.50. The number of hydrogen-bond acceptors (Lipinski definition) is 2. The third-order valence-electron chi connectivity index (χ3n) is 1.94. The van der Waals surface area contributed by atoms with Crippen molar-refractivity contribution in [1.82, 2.24) is 4.90 Å². The molecule has 3 heteroatoms. The van der Waals surface area contributed by atoms with Crippen LogP contribution in [-0.2, 0) is 4.79 Å². The highest BCUT2D eigenvalue weighted by Gasteiger charge is 2.29. The van der Waals surface area contributed by atoms with E-state index in [1.165, 1.54) is 0 Å². The van der Waals surface area contributed by atoms with Gasteiger partial charge in [0.25, 0.3) is 0 Å². The van der Waals surface area contributed by atoms with E-state index in [1.54, 1.807) is 0 Å². The zero-order valence-electron chi connectivity index (χ0n) is 6.29. The monoisotopic (exact) mass is 153 g/mol. The number of carboxylic acids is 1. The van der Waals surface area contributed by atoms with Gasteiger partial charge >= 0.3 is 5.97 Å². The lowest BCUT2D eigenvalue weighted by atomic mass is 10.2. The molecule has 0 bridgehead atoms. The maximum Gasteiger partial charge on any atom is 0.320 e. The van der Waals surface area contributed by atoms with Crippen molar-refractivity contribution in [1.29, 1.82) is 0 Å². The first-order valence-corrected chi connectivity index (χ1v) is 3.66. The molecule has 0 spiro atoms. The van der Waals surface area contributed by atoms with Crippen molar-refractivity contribution in [3.8, 4) is 12.3 Å². The smallest absolute Gasteiger partial charge is 0.320 e. The van der Waals surface area contributed by atoms with Crippen molar-refractivity contribution in [2.75, 3.05) is 13.1 Å². The van der Waals surface area contributed by atoms with Gasteiger partial charge in [-0.15, -0.1) is 6.42 Å². The second-order valence-electron chi connectivity index (χ2n) is 2.67. The van der Waals surface area contributed by atoms with Gasteiger partial charge in [-0.1, -0.05) is 5.92 Å². The molecule has 1 fully saturated rings. The van der Waals surface area contributed by atoms with E-state index in [9.17, 15) is 4.79 Å². The maximum atomic E-state index is 10.6. The predicted octanol–water partition coefficient (Wildman–Crippen LogP) is 0.169. The fourth-order valence-electron chi connectivity index (χ4n) is 1.41. The minimum absolute atomic E-state index is 0.342. The van der Waals surface area contributed by atoms with Crippen molar-refractivity contribution in [3.05, 3.63) is 0 Å². The average Bonchev–Trinajstić information content (AvgIpc) is 2.36. The summed E-state index contributed by atoms with van der Waals surface area (Å²) in [7, 11) is 0. The standard InChI is InChI=1S/C8H11NO2/c1-2-5-9-6-3-4-7(9)8(10)11/h1,7H,3-6H2,(H,10,11). The molecule has 0 aromatic heterocycles. The van der Waals surface area contributed by atoms with Gasteiger partial charge in [0.1, 0.15) is 6.04 Å². The van der Waals surface area contributed by atoms with Crippen molar-refractivity contribution >= 4 is 5.97 Å². The van der Waals surface area contributed by atoms with Crippen molar-refractivity contribution in [3.63, 3.8) is 0 Å². The van der Waals surface area contributed by atoms with E-state index in [0.717, 1.165) is 19.4 Å². The number of likely N-dealkylation sites (tertiary alicyclic amines) is 1. The number of rotatable bonds is 2. The Morgan fingerprint density at radius 1 is 1.82 bits per heavy atom. The molecule has 1 rings (SSSR count). The number of aliphatic carboxylic acids is 1. The zero-order chi connectivity index (χ0) is 8.27. The first kappa shape index (κ1) is 8.09. The number of nitrogens with zero attached hydrogens (tertiary/aromatic N) is 1. The fraction of sp³-hybridized carbons (Fsp3) is 0.625. The molecule has 0 radical (unpaired) electrons. The van der Waals surface area contributed by atoms with Crippen molar-refractivity contribution < 1.29 is 9.90 Å². The third kappa shape index (κ3) is 1.72. The molecule has 0 amide bonds. The summed E-state index contributed by atoms with van der Waals surface area (Å²) in [5.41, 5.74) is 0. The van der Waals surface area contributed by atoms with E-state index in [2.05, 4.69) is 5.92 Å². The van der Waals surface area contributed by atoms with Gasteiger partial charge in [0.2, 0.25) is 0 Å². The summed E-state index contributed by atoms with van der Waals surface area (Å²) in [6.07, 6.45) is 6.76. The molecule has 0 aromatic rings. The Balaban J connectivity index is 2.52. The predicted molar refractivity (Wildman–Crippen MR) is 41.1 cm³/mol. The number of terminal acetylenes is 1. The van der Waals surface area contributed by atoms with Gasteiger partial charge in [-0.05, 0) is 12.8 Å². The van der Waals surface area contributed by atoms with Crippen LogP contribution in [0.1, 0.15) is 12.8 Å². The van der Waals surface area contributed by atoms with Crippen LogP contribution < -0.4 is 0 Å². The number of carboxylic acid groups (broad SMARTS) is 1. The van der Waals surface area contributed by atoms with Crippen LogP contribution in [0.2, 0.25) is 0 Å². The quantitative estimate of drug-likeness (QED) is 0.575. The molecule has 3 nitrogen and oxygen atoms in total. The Morgan fingerprint density at radius 2 is 2.55 bits per heavy atom. The second-order valence-corrected chi connectivity index (χ2v) is 2.67. The van der Waals surface area contributed by atoms with Gasteiger partial charge in [-0.3, -0.25) is 9.69 Å². The van der Waals surface area contributed by atoms with Gasteiger partial charge in [-0.25, -0.2) is 0 Å². The van der Waals surface area contributed by atoms with E-state index in [-0.39, 0.29) is 6.04 Å². The molecule has 1 unspecified atom stereocenters. The number of carbonyl (C=O) groups is 1. The Bertz CT molecular complexity index is 195. The van der Waals surface area contributed by atoms with Crippen LogP contribution in [0, 0.1) is 12.3 Å². The summed E-state index contributed by atoms with van der Waals surface area (Å²) >= 11 is 0. The highest BCUT2D eigenvalue weighted by atomic mass is 16.4. The first-order valence-electron chi connectivity index (χ1n) is 3.66. The third-order valence-corrected chi connectivity index (χ3v) is 1.94. The lowest BCUT2D eigenvalue weighted by Crippen LogP contribution is -2.35. The van der Waals surface area contributed by atoms with E-state index in [4.69, 9.17) is 11.5 Å². The summed E-state index contributed by atoms with van der Waals surface area (Å²) in [5.74, 6) is 1.71. The van der Waals surface area contributed by atoms with Crippen molar-refractivity contribution in [2.45, 2.75) is 18.9 Å². The molecule has 11 heavy (non-hydrogen) atoms. The van der Waals surface area contributed by atoms with Gasteiger partial charge in [-0.2, -0.15) is 0 Å². The topological polar surface area (TPSA) is 40.5 Å². The lowest BCUT2D eigenvalue weighted by Gasteiger charge is -2.17. The normalized spacial score (nSPS) is 24.8. The van der Waals surface area contributed by atoms with Gasteiger partial charge < -0.3 is 5.11 Å². The highest BCUT2D eigenvalue weighted by molar-refractivity contribution is 5.73. The molecule has 0 aromatic carbocycles. The summed E-state index contributed by atoms with van der Waals surface area (Å²) in [4.78, 5) is 12.4. The second kappa shape index (κ2) is 3.40. The van der Waals surface area contributed by atoms with Crippen LogP contribution in [-0.4, -0.2) is 35.1 Å². The molecule has 1 aliphatic rings. The van der Waals surface area contributed by atoms with Gasteiger partial charge in [0.05, 0.1) is 6.54 Å². The molecule has 1 heterocycles. The molecular weight excluding hydrogens is 142 g/mol. The van der Waals surface area contributed by atoms with Crippen LogP contribution in [0.4, 0.5) is 0 Å². The molecule has 1 N–H and O–H groups in total. The van der Waals surface area contributed by atoms with Gasteiger partial charge in [0.15, 0.2) is 0 Å². The van der Waals surface area contributed by atoms with Crippen LogP contribution in [0.5, 0.6) is 0 Å². The highest BCUT2D eigenvalue weighted by Crippen LogP contribution is 2.15. The Labute approximate surface area is 66.0 Å². The number of hydrogen-bond donors (Lipinski definition) is 1. The summed E-state index contributed by atoms with van der Waals surface area (Å²) in [6.45, 7) is 1.28.